The number of sulfonamides is 1. The number of alkyl carbamates (subject to hydrolysis) is 1. The summed E-state index contributed by atoms with van der Waals surface area (Å²) in [6.45, 7) is 5.10. The number of carbonyl (C=O) groups excluding carboxylic acids is 3. The number of nitrogens with zero attached hydrogens (tertiary/aromatic N) is 5. The van der Waals surface area contributed by atoms with Crippen LogP contribution in [0, 0.1) is 12.8 Å². The third kappa shape index (κ3) is 15.9. The number of ether oxygens (including phenoxy) is 7. The first kappa shape index (κ1) is 51.6. The van der Waals surface area contributed by atoms with E-state index in [1.165, 1.54) is 67.8 Å². The number of carbonyl (C=O) groups is 3. The molecule has 22 nitrogen and oxygen atoms in total. The third-order valence-electron chi connectivity index (χ3n) is 10.0. The Morgan fingerprint density at radius 1 is 1.03 bits per heavy atom. The molecular weight excluding hydrogens is 925 g/mol. The summed E-state index contributed by atoms with van der Waals surface area (Å²) in [6.07, 6.45) is -4.30. The third-order valence-corrected chi connectivity index (χ3v) is 14.2. The number of aryl methyl sites for hydroxylation is 1. The minimum atomic E-state index is -4.16. The van der Waals surface area contributed by atoms with E-state index >= 15 is 0 Å². The highest BCUT2D eigenvalue weighted by Gasteiger charge is 2.38. The molecule has 1 amide bonds. The van der Waals surface area contributed by atoms with Crippen molar-refractivity contribution in [3.63, 3.8) is 0 Å². The number of azide groups is 1. The van der Waals surface area contributed by atoms with Gasteiger partial charge in [0.15, 0.2) is 0 Å². The molecule has 66 heavy (non-hydrogen) atoms. The first-order valence-corrected chi connectivity index (χ1v) is 24.9. The number of nitrogen functional groups attached to an aromatic ring is 1. The summed E-state index contributed by atoms with van der Waals surface area (Å²) < 4.78 is 69.0. The van der Waals surface area contributed by atoms with Crippen LogP contribution < -0.4 is 22.3 Å². The van der Waals surface area contributed by atoms with E-state index in [1.54, 1.807) is 0 Å². The van der Waals surface area contributed by atoms with E-state index in [2.05, 4.69) is 20.3 Å². The van der Waals surface area contributed by atoms with Crippen LogP contribution in [0.2, 0.25) is 0 Å². The van der Waals surface area contributed by atoms with Crippen LogP contribution in [0.4, 0.5) is 20.1 Å². The smallest absolute Gasteiger partial charge is 0.444 e. The number of hydrogen-bond donors (Lipinski definition) is 3. The largest absolute Gasteiger partial charge is 0.508 e. The van der Waals surface area contributed by atoms with Crippen molar-refractivity contribution in [3.8, 4) is 0 Å². The second-order valence-electron chi connectivity index (χ2n) is 15.5. The maximum Gasteiger partial charge on any atom is 0.508 e. The van der Waals surface area contributed by atoms with Gasteiger partial charge in [-0.3, -0.25) is 14.3 Å². The van der Waals surface area contributed by atoms with Gasteiger partial charge in [0.05, 0.1) is 36.7 Å². The molecule has 6 atom stereocenters. The van der Waals surface area contributed by atoms with Gasteiger partial charge in [0, 0.05) is 53.3 Å². The lowest BCUT2D eigenvalue weighted by molar-refractivity contribution is -0.0415. The minimum Gasteiger partial charge on any atom is -0.444 e. The van der Waals surface area contributed by atoms with Crippen molar-refractivity contribution in [2.24, 2.45) is 11.0 Å². The van der Waals surface area contributed by atoms with Crippen LogP contribution in [-0.4, -0.2) is 129 Å². The molecular formula is C41H54N8O14S3. The summed E-state index contributed by atoms with van der Waals surface area (Å²) in [5.74, 6) is 0.473. The topological polar surface area (TPSA) is 295 Å². The Morgan fingerprint density at radius 2 is 1.73 bits per heavy atom. The van der Waals surface area contributed by atoms with Crippen molar-refractivity contribution in [2.75, 3.05) is 63.4 Å². The Balaban J connectivity index is 1.13. The number of aromatic nitrogens is 2. The summed E-state index contributed by atoms with van der Waals surface area (Å²) in [5, 5.41) is 6.51. The Hall–Kier alpha value is -5.43. The predicted molar refractivity (Wildman–Crippen MR) is 243 cm³/mol. The van der Waals surface area contributed by atoms with Gasteiger partial charge >= 0.3 is 24.1 Å². The Morgan fingerprint density at radius 3 is 2.38 bits per heavy atom. The zero-order chi connectivity index (χ0) is 47.6. The monoisotopic (exact) mass is 978 g/mol. The number of benzene rings is 2. The summed E-state index contributed by atoms with van der Waals surface area (Å²) in [7, 11) is -1.53. The molecule has 25 heteroatoms. The maximum atomic E-state index is 14.1. The second-order valence-corrected chi connectivity index (χ2v) is 20.2. The van der Waals surface area contributed by atoms with Crippen LogP contribution in [0.1, 0.15) is 44.0 Å². The molecule has 2 fully saturated rings. The van der Waals surface area contributed by atoms with Gasteiger partial charge in [0.2, 0.25) is 10.0 Å². The highest BCUT2D eigenvalue weighted by atomic mass is 33.1. The van der Waals surface area contributed by atoms with Gasteiger partial charge in [-0.2, -0.15) is 4.31 Å². The van der Waals surface area contributed by atoms with Crippen molar-refractivity contribution < 1.29 is 56.0 Å². The highest BCUT2D eigenvalue weighted by Crippen LogP contribution is 2.31. The first-order valence-electron chi connectivity index (χ1n) is 21.0. The normalized spacial score (nSPS) is 19.1. The molecule has 5 rings (SSSR count). The molecule has 0 unspecified atom stereocenters. The van der Waals surface area contributed by atoms with E-state index in [0.717, 1.165) is 5.56 Å². The molecule has 4 N–H and O–H groups in total. The lowest BCUT2D eigenvalue weighted by Crippen LogP contribution is -2.53. The van der Waals surface area contributed by atoms with E-state index in [4.69, 9.17) is 44.4 Å². The number of rotatable bonds is 23. The summed E-state index contributed by atoms with van der Waals surface area (Å²) >= 11 is 0. The summed E-state index contributed by atoms with van der Waals surface area (Å²) in [6, 6.07) is 13.1. The van der Waals surface area contributed by atoms with Gasteiger partial charge in [-0.25, -0.2) is 27.6 Å². The average molecular weight is 979 g/mol. The SMILES string of the molecule is Cc1cn([C@H]2C[C@@H](N=[N+]=[N-])[C@@H](COC(=O)OCCSSCCOC(=O)O[C@H](CN(CC(C)C)S(=O)(=O)c3ccc(N)cc3)[C@H](Cc3ccccc3)NC(=O)O[C@H]3CCOC3)O2)c(=O)[nH]c1=O. The highest BCUT2D eigenvalue weighted by molar-refractivity contribution is 8.76. The minimum absolute atomic E-state index is 0.0175. The fraction of sp³-hybridized carbons (Fsp3) is 0.537. The van der Waals surface area contributed by atoms with Crippen molar-refractivity contribution in [3.05, 3.63) is 103 Å². The number of aromatic amines is 1. The molecule has 0 saturated carbocycles. The molecule has 2 aliphatic rings. The maximum absolute atomic E-state index is 14.1. The van der Waals surface area contributed by atoms with Crippen LogP contribution in [0.5, 0.6) is 0 Å². The number of nitrogens with two attached hydrogens (primary N) is 1. The molecule has 1 aromatic heterocycles. The van der Waals surface area contributed by atoms with Crippen molar-refractivity contribution in [1.29, 1.82) is 0 Å². The number of nitrogens with one attached hydrogen (secondary N) is 2. The Bertz CT molecular complexity index is 2340. The number of hydrogen-bond acceptors (Lipinski definition) is 18. The van der Waals surface area contributed by atoms with Gasteiger partial charge in [-0.05, 0) is 54.6 Å². The van der Waals surface area contributed by atoms with Gasteiger partial charge in [0.1, 0.15) is 44.4 Å². The summed E-state index contributed by atoms with van der Waals surface area (Å²) in [5.41, 5.74) is 15.0. The zero-order valence-corrected chi connectivity index (χ0v) is 39.0. The number of anilines is 1. The molecule has 0 spiro atoms. The van der Waals surface area contributed by atoms with E-state index < -0.39 is 76.3 Å². The van der Waals surface area contributed by atoms with Crippen molar-refractivity contribution in [2.45, 2.75) is 81.6 Å². The Kier molecular flexibility index (Phi) is 19.9. The van der Waals surface area contributed by atoms with Crippen LogP contribution in [0.3, 0.4) is 0 Å². The van der Waals surface area contributed by atoms with Crippen LogP contribution in [0.25, 0.3) is 10.4 Å². The first-order chi connectivity index (χ1) is 31.6. The number of amides is 1. The quantitative estimate of drug-likeness (QED) is 0.0166. The van der Waals surface area contributed by atoms with E-state index in [1.807, 2.05) is 44.2 Å². The lowest BCUT2D eigenvalue weighted by atomic mass is 10.0. The molecule has 0 radical (unpaired) electrons. The van der Waals surface area contributed by atoms with Gasteiger partial charge < -0.3 is 44.2 Å². The van der Waals surface area contributed by atoms with Crippen LogP contribution in [0.15, 0.2) is 80.4 Å². The molecule has 2 aliphatic heterocycles. The number of H-pyrrole nitrogens is 1. The standard InChI is InChI=1S/C41H54N8O14S3/c1-26(2)21-48(66(55,56)31-11-9-29(42)10-12-31)23-34(32(19-28-7-5-4-6-8-28)44-39(52)61-30-13-14-57-24-30)63-41(54)59-16-18-65-64-17-15-58-40(53)60-25-35-33(46-47-43)20-36(62-35)49-22-27(3)37(50)45-38(49)51/h4-12,22,26,30,32-36H,13-21,23-25,42H2,1-3H3,(H,44,52)(H,45,50,51)/t30-,32-,33+,34+,35+,36+/m0/s1. The average Bonchev–Trinajstić information content (AvgIpc) is 3.94. The molecule has 3 heterocycles. The van der Waals surface area contributed by atoms with Gasteiger partial charge in [0.25, 0.3) is 5.56 Å². The van der Waals surface area contributed by atoms with Crippen molar-refractivity contribution >= 4 is 55.7 Å². The summed E-state index contributed by atoms with van der Waals surface area (Å²) in [4.78, 5) is 68.1. The van der Waals surface area contributed by atoms with E-state index in [-0.39, 0.29) is 68.7 Å². The molecule has 0 aliphatic carbocycles. The fourth-order valence-electron chi connectivity index (χ4n) is 6.81. The predicted octanol–water partition coefficient (Wildman–Crippen LogP) is 4.92. The second kappa shape index (κ2) is 25.5. The molecule has 2 aromatic carbocycles. The van der Waals surface area contributed by atoms with Crippen LogP contribution in [-0.2, 0) is 49.6 Å². The molecule has 360 valence electrons. The van der Waals surface area contributed by atoms with Gasteiger partial charge in [-0.1, -0.05) is 70.9 Å². The van der Waals surface area contributed by atoms with E-state index in [0.29, 0.717) is 30.2 Å². The van der Waals surface area contributed by atoms with Crippen LogP contribution >= 0.6 is 21.6 Å². The molecule has 3 aromatic rings. The van der Waals surface area contributed by atoms with Crippen molar-refractivity contribution in [1.82, 2.24) is 19.2 Å². The molecule has 2 saturated heterocycles. The zero-order valence-electron chi connectivity index (χ0n) is 36.6. The van der Waals surface area contributed by atoms with E-state index in [9.17, 15) is 32.4 Å². The Labute approximate surface area is 388 Å². The molecule has 0 bridgehead atoms. The lowest BCUT2D eigenvalue weighted by Gasteiger charge is -2.33. The fourth-order valence-corrected chi connectivity index (χ4v) is 10.1. The van der Waals surface area contributed by atoms with Gasteiger partial charge in [-0.15, -0.1) is 0 Å².